The van der Waals surface area contributed by atoms with E-state index in [2.05, 4.69) is 10.3 Å². The van der Waals surface area contributed by atoms with E-state index in [1.54, 1.807) is 27.7 Å². The second kappa shape index (κ2) is 25.0. The minimum absolute atomic E-state index is 0. The first-order valence-electron chi connectivity index (χ1n) is 3.94. The quantitative estimate of drug-likeness (QED) is 0.216. The molecule has 0 aromatic heterocycles. The van der Waals surface area contributed by atoms with Gasteiger partial charge in [-0.15, -0.1) is 0 Å². The molecule has 0 aliphatic carbocycles. The Hall–Kier alpha value is -2.04. The molecule has 0 unspecified atom stereocenters. The monoisotopic (exact) mass is 334 g/mol. The smallest absolute Gasteiger partial charge is 0.411 e. The first kappa shape index (κ1) is 30.2. The van der Waals surface area contributed by atoms with Crippen molar-refractivity contribution < 1.29 is 40.1 Å². The van der Waals surface area contributed by atoms with Gasteiger partial charge in [-0.05, 0) is 27.7 Å². The predicted molar refractivity (Wildman–Crippen MR) is 61.9 cm³/mol. The zero-order chi connectivity index (χ0) is 15.7. The van der Waals surface area contributed by atoms with Gasteiger partial charge in [0.1, 0.15) is 0 Å². The Morgan fingerprint density at radius 3 is 0.842 bits per heavy atom. The van der Waals surface area contributed by atoms with Crippen LogP contribution in [0, 0.1) is 30.6 Å². The number of oxime groups is 2. The van der Waals surface area contributed by atoms with E-state index in [1.165, 1.54) is 0 Å². The summed E-state index contributed by atoms with van der Waals surface area (Å²) in [6, 6.07) is 0. The van der Waals surface area contributed by atoms with Crippen molar-refractivity contribution in [1.82, 2.24) is 0 Å². The second-order valence-electron chi connectivity index (χ2n) is 2.54. The van der Waals surface area contributed by atoms with Crippen molar-refractivity contribution in [3.05, 3.63) is 30.6 Å². The minimum atomic E-state index is -1.75. The molecule has 0 heterocycles. The van der Waals surface area contributed by atoms with Crippen LogP contribution in [0.1, 0.15) is 27.7 Å². The molecular formula is C6H14N4O8Zn. The molecular weight excluding hydrogens is 321 g/mol. The van der Waals surface area contributed by atoms with Crippen LogP contribution in [0.15, 0.2) is 10.3 Å². The third-order valence-corrected chi connectivity index (χ3v) is 0.400. The molecule has 0 saturated heterocycles. The molecule has 0 fully saturated rings. The van der Waals surface area contributed by atoms with Crippen molar-refractivity contribution in [2.24, 2.45) is 10.3 Å². The van der Waals surface area contributed by atoms with Gasteiger partial charge >= 0.3 is 19.5 Å². The molecule has 2 N–H and O–H groups in total. The van der Waals surface area contributed by atoms with Gasteiger partial charge in [0.25, 0.3) is 0 Å². The molecule has 19 heavy (non-hydrogen) atoms. The van der Waals surface area contributed by atoms with Crippen LogP contribution in [0.5, 0.6) is 0 Å². The standard InChI is InChI=1S/2C3H7NO.2NO3.Zn/c2*1-3(2)4-5;2*2-1(3)4;/h2*5H,1-2H3;;;/q;;2*-1;+2. The van der Waals surface area contributed by atoms with E-state index in [4.69, 9.17) is 41.1 Å². The van der Waals surface area contributed by atoms with Gasteiger partial charge in [0.15, 0.2) is 0 Å². The zero-order valence-electron chi connectivity index (χ0n) is 10.8. The summed E-state index contributed by atoms with van der Waals surface area (Å²) in [7, 11) is 0. The fourth-order valence-electron chi connectivity index (χ4n) is 0. The van der Waals surface area contributed by atoms with Crippen LogP contribution in [0.3, 0.4) is 0 Å². The molecule has 12 nitrogen and oxygen atoms in total. The third-order valence-electron chi connectivity index (χ3n) is 0.400. The number of hydrogen-bond acceptors (Lipinski definition) is 10. The molecule has 0 saturated carbocycles. The Morgan fingerprint density at radius 2 is 0.842 bits per heavy atom. The molecule has 0 spiro atoms. The predicted octanol–water partition coefficient (Wildman–Crippen LogP) is 1.23. The van der Waals surface area contributed by atoms with Crippen molar-refractivity contribution >= 4 is 11.4 Å². The summed E-state index contributed by atoms with van der Waals surface area (Å²) in [6.07, 6.45) is 0. The molecule has 0 aliphatic heterocycles. The van der Waals surface area contributed by atoms with Crippen LogP contribution >= 0.6 is 0 Å². The Labute approximate surface area is 121 Å². The van der Waals surface area contributed by atoms with Gasteiger partial charge in [-0.1, -0.05) is 10.3 Å². The maximum Gasteiger partial charge on any atom is 2.00 e. The fourth-order valence-corrected chi connectivity index (χ4v) is 0. The van der Waals surface area contributed by atoms with Crippen molar-refractivity contribution in [1.29, 1.82) is 0 Å². The SMILES string of the molecule is CC(C)=NO.CC(C)=NO.O=[N+]([O-])[O-].O=[N+]([O-])[O-].[Zn+2]. The van der Waals surface area contributed by atoms with Crippen molar-refractivity contribution in [2.75, 3.05) is 0 Å². The van der Waals surface area contributed by atoms with Crippen molar-refractivity contribution in [3.8, 4) is 0 Å². The fraction of sp³-hybridized carbons (Fsp3) is 0.667. The maximum atomic E-state index is 8.25. The van der Waals surface area contributed by atoms with Crippen LogP contribution in [0.2, 0.25) is 0 Å². The minimum Gasteiger partial charge on any atom is -0.411 e. The van der Waals surface area contributed by atoms with Crippen LogP contribution < -0.4 is 0 Å². The average molecular weight is 336 g/mol. The Balaban J connectivity index is -0.0000000453. The molecule has 0 radical (unpaired) electrons. The Kier molecular flexibility index (Phi) is 39.7. The summed E-state index contributed by atoms with van der Waals surface area (Å²) in [5.41, 5.74) is 1.37. The normalized spacial score (nSPS) is 6.11. The summed E-state index contributed by atoms with van der Waals surface area (Å²) in [4.78, 5) is 16.5. The van der Waals surface area contributed by atoms with E-state index in [9.17, 15) is 0 Å². The molecule has 0 amide bonds. The van der Waals surface area contributed by atoms with Crippen LogP contribution in [0.25, 0.3) is 0 Å². The first-order valence-corrected chi connectivity index (χ1v) is 3.94. The van der Waals surface area contributed by atoms with E-state index in [1.807, 2.05) is 0 Å². The largest absolute Gasteiger partial charge is 2.00 e. The summed E-state index contributed by atoms with van der Waals surface area (Å²) >= 11 is 0. The zero-order valence-corrected chi connectivity index (χ0v) is 13.8. The summed E-state index contributed by atoms with van der Waals surface area (Å²) in [6.45, 7) is 6.89. The van der Waals surface area contributed by atoms with Crippen molar-refractivity contribution in [2.45, 2.75) is 27.7 Å². The van der Waals surface area contributed by atoms with E-state index in [0.717, 1.165) is 0 Å². The molecule has 0 aromatic carbocycles. The number of nitrogens with zero attached hydrogens (tertiary/aromatic N) is 4. The van der Waals surface area contributed by atoms with E-state index in [0.29, 0.717) is 11.4 Å². The third kappa shape index (κ3) is 807. The van der Waals surface area contributed by atoms with Gasteiger partial charge < -0.3 is 41.1 Å². The number of rotatable bonds is 0. The average Bonchev–Trinajstić information content (AvgIpc) is 2.16. The van der Waals surface area contributed by atoms with E-state index in [-0.39, 0.29) is 19.5 Å². The Morgan fingerprint density at radius 1 is 0.789 bits per heavy atom. The van der Waals surface area contributed by atoms with Gasteiger partial charge in [0.2, 0.25) is 0 Å². The summed E-state index contributed by atoms with van der Waals surface area (Å²) in [5, 5.41) is 50.6. The molecule has 0 bridgehead atoms. The maximum absolute atomic E-state index is 8.25. The topological polar surface area (TPSA) is 198 Å². The molecule has 0 aromatic rings. The summed E-state index contributed by atoms with van der Waals surface area (Å²) < 4.78 is 0. The van der Waals surface area contributed by atoms with Crippen LogP contribution in [-0.2, 0) is 19.5 Å². The molecule has 13 heteroatoms. The van der Waals surface area contributed by atoms with Gasteiger partial charge in [-0.25, -0.2) is 0 Å². The van der Waals surface area contributed by atoms with E-state index < -0.39 is 10.2 Å². The van der Waals surface area contributed by atoms with E-state index >= 15 is 0 Å². The molecule has 0 aliphatic rings. The van der Waals surface area contributed by atoms with Gasteiger partial charge in [-0.2, -0.15) is 0 Å². The first-order chi connectivity index (χ1) is 8.00. The molecule has 0 rings (SSSR count). The summed E-state index contributed by atoms with van der Waals surface area (Å²) in [5.74, 6) is 0. The van der Waals surface area contributed by atoms with Gasteiger partial charge in [0.05, 0.1) is 21.6 Å². The second-order valence-corrected chi connectivity index (χ2v) is 2.54. The Bertz CT molecular complexity index is 238. The van der Waals surface area contributed by atoms with Gasteiger partial charge in [-0.3, -0.25) is 0 Å². The molecule has 108 valence electrons. The van der Waals surface area contributed by atoms with Crippen molar-refractivity contribution in [3.63, 3.8) is 0 Å². The number of hydrogen-bond donors (Lipinski definition) is 2. The molecule has 0 atom stereocenters. The van der Waals surface area contributed by atoms with Crippen LogP contribution in [0.4, 0.5) is 0 Å². The van der Waals surface area contributed by atoms with Gasteiger partial charge in [0, 0.05) is 0 Å². The van der Waals surface area contributed by atoms with Crippen LogP contribution in [-0.4, -0.2) is 32.0 Å².